The number of unbranched alkanes of at least 4 members (excludes halogenated alkanes) is 1. The van der Waals surface area contributed by atoms with E-state index in [2.05, 4.69) is 12.2 Å². The lowest BCUT2D eigenvalue weighted by molar-refractivity contribution is -0.140. The number of alkyl halides is 1. The molecule has 1 aliphatic carbocycles. The Morgan fingerprint density at radius 2 is 1.74 bits per heavy atom. The van der Waals surface area contributed by atoms with Crippen LogP contribution in [0.15, 0.2) is 48.5 Å². The van der Waals surface area contributed by atoms with Gasteiger partial charge in [0.2, 0.25) is 11.8 Å². The molecule has 2 aromatic rings. The van der Waals surface area contributed by atoms with Crippen molar-refractivity contribution in [2.24, 2.45) is 0 Å². The molecule has 7 heteroatoms. The van der Waals surface area contributed by atoms with Crippen LogP contribution in [0.2, 0.25) is 5.02 Å². The van der Waals surface area contributed by atoms with E-state index in [9.17, 15) is 9.59 Å². The predicted octanol–water partition coefficient (Wildman–Crippen LogP) is 6.28. The summed E-state index contributed by atoms with van der Waals surface area (Å²) in [5, 5.41) is 3.82. The summed E-state index contributed by atoms with van der Waals surface area (Å²) in [6.45, 7) is 3.01. The highest BCUT2D eigenvalue weighted by atomic mass is 35.5. The molecular formula is C27H34Cl2N2O3. The smallest absolute Gasteiger partial charge is 0.247 e. The highest BCUT2D eigenvalue weighted by Gasteiger charge is 2.32. The van der Waals surface area contributed by atoms with Crippen LogP contribution in [0, 0.1) is 0 Å². The van der Waals surface area contributed by atoms with E-state index in [0.717, 1.165) is 55.4 Å². The Balaban J connectivity index is 1.89. The van der Waals surface area contributed by atoms with Gasteiger partial charge in [-0.2, -0.15) is 0 Å². The van der Waals surface area contributed by atoms with Crippen molar-refractivity contribution in [1.82, 2.24) is 10.2 Å². The first-order chi connectivity index (χ1) is 16.5. The van der Waals surface area contributed by atoms with Gasteiger partial charge in [-0.25, -0.2) is 0 Å². The van der Waals surface area contributed by atoms with Gasteiger partial charge in [0.05, 0.1) is 6.61 Å². The maximum Gasteiger partial charge on any atom is 0.247 e. The Kier molecular flexibility index (Phi) is 10.5. The molecule has 184 valence electrons. The van der Waals surface area contributed by atoms with Crippen molar-refractivity contribution >= 4 is 35.0 Å². The van der Waals surface area contributed by atoms with Gasteiger partial charge in [-0.05, 0) is 54.7 Å². The van der Waals surface area contributed by atoms with Crippen LogP contribution >= 0.6 is 23.2 Å². The maximum absolute atomic E-state index is 13.6. The van der Waals surface area contributed by atoms with Gasteiger partial charge in [-0.3, -0.25) is 9.59 Å². The normalized spacial score (nSPS) is 14.9. The molecule has 3 rings (SSSR count). The highest BCUT2D eigenvalue weighted by molar-refractivity contribution is 6.30. The van der Waals surface area contributed by atoms with Gasteiger partial charge in [0.25, 0.3) is 0 Å². The molecule has 1 N–H and O–H groups in total. The maximum atomic E-state index is 13.6. The fourth-order valence-corrected chi connectivity index (χ4v) is 4.55. The minimum atomic E-state index is -0.798. The number of amides is 2. The Bertz CT molecular complexity index is 912. The Labute approximate surface area is 212 Å². The summed E-state index contributed by atoms with van der Waals surface area (Å²) in [4.78, 5) is 28.2. The molecule has 0 aliphatic heterocycles. The van der Waals surface area contributed by atoms with E-state index in [1.54, 1.807) is 17.0 Å². The number of hydrogen-bond donors (Lipinski definition) is 1. The number of nitrogens with one attached hydrogen (secondary N) is 1. The average Bonchev–Trinajstić information content (AvgIpc) is 2.86. The van der Waals surface area contributed by atoms with E-state index in [4.69, 9.17) is 27.9 Å². The predicted molar refractivity (Wildman–Crippen MR) is 137 cm³/mol. The van der Waals surface area contributed by atoms with Crippen molar-refractivity contribution in [2.75, 3.05) is 12.5 Å². The molecule has 1 saturated carbocycles. The van der Waals surface area contributed by atoms with Gasteiger partial charge < -0.3 is 15.0 Å². The monoisotopic (exact) mass is 504 g/mol. The summed E-state index contributed by atoms with van der Waals surface area (Å²) in [5.41, 5.74) is 1.60. The van der Waals surface area contributed by atoms with Crippen LogP contribution in [-0.4, -0.2) is 35.2 Å². The first kappa shape index (κ1) is 26.4. The third-order valence-electron chi connectivity index (χ3n) is 6.17. The van der Waals surface area contributed by atoms with E-state index < -0.39 is 6.04 Å². The third-order valence-corrected chi connectivity index (χ3v) is 6.66. The number of benzene rings is 2. The van der Waals surface area contributed by atoms with E-state index in [1.165, 1.54) is 6.42 Å². The number of ether oxygens (including phenoxy) is 1. The number of carbonyl (C=O) groups is 2. The molecule has 1 aliphatic rings. The summed E-state index contributed by atoms with van der Waals surface area (Å²) in [6.07, 6.45) is 7.37. The molecule has 0 spiro atoms. The zero-order valence-electron chi connectivity index (χ0n) is 19.8. The van der Waals surface area contributed by atoms with E-state index in [1.807, 2.05) is 36.4 Å². The molecule has 2 aromatic carbocycles. The zero-order valence-corrected chi connectivity index (χ0v) is 21.3. The molecule has 0 aromatic heterocycles. The SMILES string of the molecule is CCCCOc1ccc([C@@H](C(=O)NC2CCCCC2)N(Cc2ccc(Cl)cc2)C(=O)CCl)cc1. The van der Waals surface area contributed by atoms with E-state index in [0.29, 0.717) is 11.6 Å². The van der Waals surface area contributed by atoms with Crippen molar-refractivity contribution in [1.29, 1.82) is 0 Å². The molecule has 0 unspecified atom stereocenters. The molecular weight excluding hydrogens is 471 g/mol. The van der Waals surface area contributed by atoms with Crippen molar-refractivity contribution in [2.45, 2.75) is 70.5 Å². The number of rotatable bonds is 11. The minimum absolute atomic E-state index is 0.129. The van der Waals surface area contributed by atoms with E-state index >= 15 is 0 Å². The average molecular weight is 505 g/mol. The van der Waals surface area contributed by atoms with Crippen LogP contribution in [0.1, 0.15) is 69.0 Å². The molecule has 0 heterocycles. The van der Waals surface area contributed by atoms with Crippen LogP contribution in [-0.2, 0) is 16.1 Å². The van der Waals surface area contributed by atoms with Crippen LogP contribution in [0.5, 0.6) is 5.75 Å². The van der Waals surface area contributed by atoms with Crippen LogP contribution in [0.3, 0.4) is 0 Å². The fraction of sp³-hybridized carbons (Fsp3) is 0.481. The number of halogens is 2. The number of nitrogens with zero attached hydrogens (tertiary/aromatic N) is 1. The number of hydrogen-bond acceptors (Lipinski definition) is 3. The second-order valence-corrected chi connectivity index (χ2v) is 9.50. The third kappa shape index (κ3) is 7.64. The van der Waals surface area contributed by atoms with Gasteiger partial charge >= 0.3 is 0 Å². The quantitative estimate of drug-likeness (QED) is 0.289. The molecule has 0 bridgehead atoms. The van der Waals surface area contributed by atoms with Gasteiger partial charge in [0.15, 0.2) is 0 Å². The van der Waals surface area contributed by atoms with Crippen molar-refractivity contribution in [3.05, 3.63) is 64.7 Å². The largest absolute Gasteiger partial charge is 0.494 e. The second-order valence-electron chi connectivity index (χ2n) is 8.80. The van der Waals surface area contributed by atoms with Crippen LogP contribution in [0.4, 0.5) is 0 Å². The lowest BCUT2D eigenvalue weighted by Crippen LogP contribution is -2.47. The Morgan fingerprint density at radius 1 is 1.06 bits per heavy atom. The minimum Gasteiger partial charge on any atom is -0.494 e. The summed E-state index contributed by atoms with van der Waals surface area (Å²) in [6, 6.07) is 14.0. The summed E-state index contributed by atoms with van der Waals surface area (Å²) < 4.78 is 5.78. The molecule has 1 atom stereocenters. The first-order valence-electron chi connectivity index (χ1n) is 12.1. The topological polar surface area (TPSA) is 58.6 Å². The summed E-state index contributed by atoms with van der Waals surface area (Å²) in [7, 11) is 0. The second kappa shape index (κ2) is 13.6. The Morgan fingerprint density at radius 3 is 2.35 bits per heavy atom. The van der Waals surface area contributed by atoms with Gasteiger partial charge in [0, 0.05) is 17.6 Å². The molecule has 34 heavy (non-hydrogen) atoms. The highest BCUT2D eigenvalue weighted by Crippen LogP contribution is 2.28. The van der Waals surface area contributed by atoms with Gasteiger partial charge in [-0.15, -0.1) is 11.6 Å². The number of carbonyl (C=O) groups excluding carboxylic acids is 2. The van der Waals surface area contributed by atoms with Crippen LogP contribution in [0.25, 0.3) is 0 Å². The zero-order chi connectivity index (χ0) is 24.3. The Hall–Kier alpha value is -2.24. The first-order valence-corrected chi connectivity index (χ1v) is 13.1. The summed E-state index contributed by atoms with van der Waals surface area (Å²) >= 11 is 12.0. The standard InChI is InChI=1S/C27H34Cl2N2O3/c1-2-3-17-34-24-15-11-21(12-16-24)26(27(33)30-23-7-5-4-6-8-23)31(25(32)18-28)19-20-9-13-22(29)14-10-20/h9-16,23,26H,2-8,17-19H2,1H3,(H,30,33)/t26-/m0/s1. The van der Waals surface area contributed by atoms with Gasteiger partial charge in [0.1, 0.15) is 17.7 Å². The van der Waals surface area contributed by atoms with Crippen molar-refractivity contribution in [3.63, 3.8) is 0 Å². The molecule has 5 nitrogen and oxygen atoms in total. The molecule has 2 amide bonds. The van der Waals surface area contributed by atoms with Crippen molar-refractivity contribution < 1.29 is 14.3 Å². The molecule has 0 radical (unpaired) electrons. The van der Waals surface area contributed by atoms with Gasteiger partial charge in [-0.1, -0.05) is 68.5 Å². The van der Waals surface area contributed by atoms with E-state index in [-0.39, 0.29) is 30.3 Å². The van der Waals surface area contributed by atoms with Crippen LogP contribution < -0.4 is 10.1 Å². The fourth-order valence-electron chi connectivity index (χ4n) is 4.27. The molecule has 1 fully saturated rings. The van der Waals surface area contributed by atoms with Crippen molar-refractivity contribution in [3.8, 4) is 5.75 Å². The lowest BCUT2D eigenvalue weighted by Gasteiger charge is -2.33. The summed E-state index contributed by atoms with van der Waals surface area (Å²) in [5.74, 6) is 0.0539. The molecule has 0 saturated heterocycles. The lowest BCUT2D eigenvalue weighted by atomic mass is 9.94.